The molecular formula is C12H19N3O5. The first-order chi connectivity index (χ1) is 9.54. The zero-order valence-electron chi connectivity index (χ0n) is 11.5. The standard InChI is InChI=1S/C12H19N3O5/c1-3-19-11(20-4-2)8-14-6-9(5-13)12(18)15-7-10(16)17/h6,11,14H,3-4,7-8H2,1-2H3,(H,15,18)(H,16,17)/b9-6-. The first-order valence-corrected chi connectivity index (χ1v) is 6.11. The highest BCUT2D eigenvalue weighted by Gasteiger charge is 2.11. The highest BCUT2D eigenvalue weighted by Crippen LogP contribution is 1.95. The van der Waals surface area contributed by atoms with E-state index < -0.39 is 24.7 Å². The summed E-state index contributed by atoms with van der Waals surface area (Å²) >= 11 is 0. The number of hydrogen-bond donors (Lipinski definition) is 3. The van der Waals surface area contributed by atoms with E-state index in [0.29, 0.717) is 13.2 Å². The minimum atomic E-state index is -1.18. The van der Waals surface area contributed by atoms with Gasteiger partial charge in [0.2, 0.25) is 0 Å². The van der Waals surface area contributed by atoms with E-state index in [1.807, 2.05) is 13.8 Å². The number of carbonyl (C=O) groups is 2. The number of nitrogens with one attached hydrogen (secondary N) is 2. The summed E-state index contributed by atoms with van der Waals surface area (Å²) < 4.78 is 10.5. The van der Waals surface area contributed by atoms with Gasteiger partial charge in [0.25, 0.3) is 5.91 Å². The van der Waals surface area contributed by atoms with Crippen molar-refractivity contribution in [1.29, 1.82) is 5.26 Å². The molecular weight excluding hydrogens is 266 g/mol. The smallest absolute Gasteiger partial charge is 0.322 e. The third kappa shape index (κ3) is 8.07. The maximum absolute atomic E-state index is 11.4. The molecule has 20 heavy (non-hydrogen) atoms. The van der Waals surface area contributed by atoms with E-state index in [-0.39, 0.29) is 12.1 Å². The lowest BCUT2D eigenvalue weighted by molar-refractivity contribution is -0.137. The predicted molar refractivity (Wildman–Crippen MR) is 69.4 cm³/mol. The monoisotopic (exact) mass is 285 g/mol. The van der Waals surface area contributed by atoms with Crippen LogP contribution in [0.3, 0.4) is 0 Å². The summed E-state index contributed by atoms with van der Waals surface area (Å²) in [6, 6.07) is 1.68. The number of rotatable bonds is 10. The third-order valence-electron chi connectivity index (χ3n) is 2.00. The number of carboxylic acids is 1. The van der Waals surface area contributed by atoms with Crippen molar-refractivity contribution >= 4 is 11.9 Å². The van der Waals surface area contributed by atoms with Crippen molar-refractivity contribution in [2.24, 2.45) is 0 Å². The number of aliphatic carboxylic acids is 1. The molecule has 0 saturated carbocycles. The number of hydrogen-bond acceptors (Lipinski definition) is 6. The van der Waals surface area contributed by atoms with Gasteiger partial charge in [-0.25, -0.2) is 0 Å². The van der Waals surface area contributed by atoms with Crippen LogP contribution in [0.5, 0.6) is 0 Å². The molecule has 0 rings (SSSR count). The molecule has 0 radical (unpaired) electrons. The second kappa shape index (κ2) is 10.8. The summed E-state index contributed by atoms with van der Waals surface area (Å²) in [6.45, 7) is 4.31. The molecule has 0 spiro atoms. The van der Waals surface area contributed by atoms with Gasteiger partial charge in [0.1, 0.15) is 18.2 Å². The molecule has 1 amide bonds. The summed E-state index contributed by atoms with van der Waals surface area (Å²) in [7, 11) is 0. The van der Waals surface area contributed by atoms with Gasteiger partial charge < -0.3 is 25.2 Å². The van der Waals surface area contributed by atoms with Gasteiger partial charge in [-0.3, -0.25) is 9.59 Å². The molecule has 0 aromatic rings. The normalized spacial score (nSPS) is 11.0. The summed E-state index contributed by atoms with van der Waals surface area (Å²) in [5.41, 5.74) is -0.224. The van der Waals surface area contributed by atoms with E-state index in [1.54, 1.807) is 6.07 Å². The van der Waals surface area contributed by atoms with Crippen molar-refractivity contribution in [3.63, 3.8) is 0 Å². The van der Waals surface area contributed by atoms with Crippen LogP contribution < -0.4 is 10.6 Å². The predicted octanol–water partition coefficient (Wildman–Crippen LogP) is -0.417. The number of nitriles is 1. The van der Waals surface area contributed by atoms with Gasteiger partial charge in [0, 0.05) is 19.4 Å². The SMILES string of the molecule is CCOC(CN/C=C(/C#N)C(=O)NCC(=O)O)OCC. The number of amides is 1. The molecule has 0 fully saturated rings. The van der Waals surface area contributed by atoms with Crippen LogP contribution in [0.25, 0.3) is 0 Å². The van der Waals surface area contributed by atoms with Crippen LogP contribution in [0, 0.1) is 11.3 Å². The van der Waals surface area contributed by atoms with E-state index in [0.717, 1.165) is 0 Å². The van der Waals surface area contributed by atoms with E-state index in [2.05, 4.69) is 10.6 Å². The van der Waals surface area contributed by atoms with E-state index in [4.69, 9.17) is 19.8 Å². The Bertz CT molecular complexity index is 383. The van der Waals surface area contributed by atoms with E-state index in [9.17, 15) is 9.59 Å². The Morgan fingerprint density at radius 2 is 1.95 bits per heavy atom. The Hall–Kier alpha value is -2.11. The molecule has 8 heteroatoms. The summed E-state index contributed by atoms with van der Waals surface area (Å²) in [6.07, 6.45) is 0.714. The molecule has 0 aromatic heterocycles. The van der Waals surface area contributed by atoms with Crippen molar-refractivity contribution in [2.75, 3.05) is 26.3 Å². The molecule has 8 nitrogen and oxygen atoms in total. The zero-order valence-corrected chi connectivity index (χ0v) is 11.5. The van der Waals surface area contributed by atoms with Crippen molar-refractivity contribution in [1.82, 2.24) is 10.6 Å². The molecule has 0 atom stereocenters. The third-order valence-corrected chi connectivity index (χ3v) is 2.00. The number of nitrogens with zero attached hydrogens (tertiary/aromatic N) is 1. The van der Waals surface area contributed by atoms with Crippen LogP contribution in [0.2, 0.25) is 0 Å². The van der Waals surface area contributed by atoms with Gasteiger partial charge in [-0.2, -0.15) is 5.26 Å². The lowest BCUT2D eigenvalue weighted by atomic mass is 10.3. The van der Waals surface area contributed by atoms with Gasteiger partial charge >= 0.3 is 5.97 Å². The average molecular weight is 285 g/mol. The largest absolute Gasteiger partial charge is 0.480 e. The number of ether oxygens (including phenoxy) is 2. The maximum Gasteiger partial charge on any atom is 0.322 e. The van der Waals surface area contributed by atoms with Crippen molar-refractivity contribution < 1.29 is 24.2 Å². The summed E-state index contributed by atoms with van der Waals surface area (Å²) in [4.78, 5) is 21.7. The fraction of sp³-hybridized carbons (Fsp3) is 0.583. The van der Waals surface area contributed by atoms with Crippen molar-refractivity contribution in [3.05, 3.63) is 11.8 Å². The van der Waals surface area contributed by atoms with Gasteiger partial charge in [-0.15, -0.1) is 0 Å². The fourth-order valence-electron chi connectivity index (χ4n) is 1.19. The molecule has 0 unspecified atom stereocenters. The van der Waals surface area contributed by atoms with Gasteiger partial charge in [0.05, 0.1) is 6.54 Å². The molecule has 0 aromatic carbocycles. The minimum Gasteiger partial charge on any atom is -0.480 e. The van der Waals surface area contributed by atoms with Crippen LogP contribution in [-0.2, 0) is 19.1 Å². The Kier molecular flexibility index (Phi) is 9.64. The van der Waals surface area contributed by atoms with Crippen LogP contribution >= 0.6 is 0 Å². The highest BCUT2D eigenvalue weighted by atomic mass is 16.7. The first-order valence-electron chi connectivity index (χ1n) is 6.11. The van der Waals surface area contributed by atoms with Crippen LogP contribution in [0.1, 0.15) is 13.8 Å². The molecule has 0 aliphatic heterocycles. The lowest BCUT2D eigenvalue weighted by Crippen LogP contribution is -2.32. The van der Waals surface area contributed by atoms with Crippen LogP contribution in [0.15, 0.2) is 11.8 Å². The summed E-state index contributed by atoms with van der Waals surface area (Å²) in [5, 5.41) is 22.0. The van der Waals surface area contributed by atoms with E-state index in [1.165, 1.54) is 6.20 Å². The topological polar surface area (TPSA) is 121 Å². The van der Waals surface area contributed by atoms with Crippen molar-refractivity contribution in [3.8, 4) is 6.07 Å². The second-order valence-electron chi connectivity index (χ2n) is 3.49. The molecule has 0 bridgehead atoms. The molecule has 0 heterocycles. The van der Waals surface area contributed by atoms with Gasteiger partial charge in [-0.1, -0.05) is 0 Å². The van der Waals surface area contributed by atoms with Gasteiger partial charge in [0.15, 0.2) is 6.29 Å². The molecule has 3 N–H and O–H groups in total. The first kappa shape index (κ1) is 17.9. The Morgan fingerprint density at radius 3 is 2.40 bits per heavy atom. The van der Waals surface area contributed by atoms with Gasteiger partial charge in [-0.05, 0) is 13.8 Å². The average Bonchev–Trinajstić information content (AvgIpc) is 2.41. The zero-order chi connectivity index (χ0) is 15.4. The quantitative estimate of drug-likeness (QED) is 0.283. The number of carbonyl (C=O) groups excluding carboxylic acids is 1. The Labute approximate surface area is 117 Å². The van der Waals surface area contributed by atoms with E-state index >= 15 is 0 Å². The molecule has 0 aliphatic rings. The molecule has 0 aliphatic carbocycles. The van der Waals surface area contributed by atoms with Crippen LogP contribution in [-0.4, -0.2) is 49.6 Å². The Morgan fingerprint density at radius 1 is 1.35 bits per heavy atom. The fourth-order valence-corrected chi connectivity index (χ4v) is 1.19. The maximum atomic E-state index is 11.4. The van der Waals surface area contributed by atoms with Crippen LogP contribution in [0.4, 0.5) is 0 Å². The Balaban J connectivity index is 4.33. The second-order valence-corrected chi connectivity index (χ2v) is 3.49. The minimum absolute atomic E-state index is 0.224. The lowest BCUT2D eigenvalue weighted by Gasteiger charge is -2.16. The number of carboxylic acid groups (broad SMARTS) is 1. The molecule has 112 valence electrons. The summed E-state index contributed by atoms with van der Waals surface area (Å²) in [5.74, 6) is -1.94. The highest BCUT2D eigenvalue weighted by molar-refractivity contribution is 5.98. The molecule has 0 saturated heterocycles. The van der Waals surface area contributed by atoms with Crippen molar-refractivity contribution in [2.45, 2.75) is 20.1 Å².